The van der Waals surface area contributed by atoms with Crippen LogP contribution in [-0.2, 0) is 6.54 Å². The predicted octanol–water partition coefficient (Wildman–Crippen LogP) is 1.44. The minimum absolute atomic E-state index is 0.0291. The van der Waals surface area contributed by atoms with Gasteiger partial charge in [0.15, 0.2) is 0 Å². The fourth-order valence-electron chi connectivity index (χ4n) is 2.53. The van der Waals surface area contributed by atoms with Crippen molar-refractivity contribution < 1.29 is 10.2 Å². The maximum atomic E-state index is 9.89. The second-order valence-corrected chi connectivity index (χ2v) is 5.64. The van der Waals surface area contributed by atoms with Crippen LogP contribution < -0.4 is 5.73 Å². The van der Waals surface area contributed by atoms with E-state index in [0.29, 0.717) is 18.1 Å². The van der Waals surface area contributed by atoms with Crippen LogP contribution in [0, 0.1) is 5.41 Å². The van der Waals surface area contributed by atoms with Gasteiger partial charge in [0.25, 0.3) is 0 Å². The normalized spacial score (nSPS) is 18.7. The maximum absolute atomic E-state index is 9.89. The molecule has 5 nitrogen and oxygen atoms in total. The van der Waals surface area contributed by atoms with Gasteiger partial charge in [-0.15, -0.1) is 0 Å². The van der Waals surface area contributed by atoms with E-state index in [4.69, 9.17) is 5.73 Å². The lowest BCUT2D eigenvalue weighted by atomic mass is 10.1. The van der Waals surface area contributed by atoms with Gasteiger partial charge < -0.3 is 20.5 Å². The smallest absolute Gasteiger partial charge is 0.138 e. The molecule has 0 aliphatic heterocycles. The monoisotopic (exact) mass is 261 g/mol. The van der Waals surface area contributed by atoms with Crippen molar-refractivity contribution in [3.63, 3.8) is 0 Å². The molecule has 2 aromatic rings. The molecule has 1 aliphatic carbocycles. The van der Waals surface area contributed by atoms with Crippen LogP contribution in [0.5, 0.6) is 0 Å². The van der Waals surface area contributed by atoms with E-state index in [0.717, 1.165) is 23.9 Å². The van der Waals surface area contributed by atoms with Gasteiger partial charge in [-0.1, -0.05) is 0 Å². The summed E-state index contributed by atoms with van der Waals surface area (Å²) in [7, 11) is 0. The molecule has 1 unspecified atom stereocenters. The van der Waals surface area contributed by atoms with Crippen LogP contribution in [0.1, 0.15) is 31.7 Å². The van der Waals surface area contributed by atoms with E-state index in [9.17, 15) is 10.2 Å². The van der Waals surface area contributed by atoms with Crippen molar-refractivity contribution in [2.24, 2.45) is 5.41 Å². The highest BCUT2D eigenvalue weighted by Gasteiger charge is 2.43. The number of aliphatic hydroxyl groups excluding tert-OH is 2. The first-order valence-electron chi connectivity index (χ1n) is 6.59. The molecule has 1 aromatic carbocycles. The zero-order valence-electron chi connectivity index (χ0n) is 11.0. The van der Waals surface area contributed by atoms with Gasteiger partial charge >= 0.3 is 0 Å². The fraction of sp³-hybridized carbons (Fsp3) is 0.500. The largest absolute Gasteiger partial charge is 0.399 e. The third kappa shape index (κ3) is 2.09. The molecule has 102 valence electrons. The average Bonchev–Trinajstić information content (AvgIpc) is 3.06. The van der Waals surface area contributed by atoms with Crippen LogP contribution in [0.4, 0.5) is 5.69 Å². The number of hydrogen-bond donors (Lipinski definition) is 3. The number of benzene rings is 1. The Kier molecular flexibility index (Phi) is 2.76. The van der Waals surface area contributed by atoms with Crippen molar-refractivity contribution in [2.75, 3.05) is 12.3 Å². The van der Waals surface area contributed by atoms with Crippen LogP contribution in [0.2, 0.25) is 0 Å². The Morgan fingerprint density at radius 2 is 2.21 bits per heavy atom. The molecular weight excluding hydrogens is 242 g/mol. The lowest BCUT2D eigenvalue weighted by Crippen LogP contribution is -2.18. The van der Waals surface area contributed by atoms with Gasteiger partial charge in [0, 0.05) is 17.6 Å². The Balaban J connectivity index is 2.11. The van der Waals surface area contributed by atoms with Crippen LogP contribution in [0.15, 0.2) is 18.2 Å². The molecule has 3 rings (SSSR count). The van der Waals surface area contributed by atoms with Crippen molar-refractivity contribution in [3.05, 3.63) is 24.0 Å². The first kappa shape index (κ1) is 12.4. The molecule has 0 radical (unpaired) electrons. The van der Waals surface area contributed by atoms with Crippen molar-refractivity contribution >= 4 is 16.7 Å². The molecule has 1 atom stereocenters. The highest BCUT2D eigenvalue weighted by molar-refractivity contribution is 5.79. The summed E-state index contributed by atoms with van der Waals surface area (Å²) in [5.74, 6) is 0.639. The molecule has 0 saturated heterocycles. The van der Waals surface area contributed by atoms with Crippen LogP contribution in [0.3, 0.4) is 0 Å². The minimum atomic E-state index is -0.636. The maximum Gasteiger partial charge on any atom is 0.138 e. The molecule has 0 bridgehead atoms. The Morgan fingerprint density at radius 3 is 2.79 bits per heavy atom. The van der Waals surface area contributed by atoms with E-state index in [1.807, 2.05) is 22.8 Å². The van der Waals surface area contributed by atoms with Crippen LogP contribution in [0.25, 0.3) is 11.0 Å². The zero-order valence-corrected chi connectivity index (χ0v) is 11.0. The number of hydrogen-bond acceptors (Lipinski definition) is 4. The number of rotatable bonds is 4. The fourth-order valence-corrected chi connectivity index (χ4v) is 2.53. The Bertz CT molecular complexity index is 614. The molecule has 5 heteroatoms. The van der Waals surface area contributed by atoms with Gasteiger partial charge in [-0.3, -0.25) is 0 Å². The van der Waals surface area contributed by atoms with Crippen molar-refractivity contribution in [1.82, 2.24) is 9.55 Å². The number of nitrogens with two attached hydrogens (primary N) is 1. The topological polar surface area (TPSA) is 84.3 Å². The van der Waals surface area contributed by atoms with Crippen molar-refractivity contribution in [1.29, 1.82) is 0 Å². The average molecular weight is 261 g/mol. The number of aliphatic hydroxyl groups is 2. The second kappa shape index (κ2) is 4.21. The Labute approximate surface area is 111 Å². The molecule has 1 fully saturated rings. The summed E-state index contributed by atoms with van der Waals surface area (Å²) >= 11 is 0. The minimum Gasteiger partial charge on any atom is -0.399 e. The number of anilines is 1. The first-order chi connectivity index (χ1) is 9.04. The number of aromatic nitrogens is 2. The molecule has 0 spiro atoms. The Hall–Kier alpha value is -1.59. The van der Waals surface area contributed by atoms with E-state index in [-0.39, 0.29) is 12.0 Å². The summed E-state index contributed by atoms with van der Waals surface area (Å²) < 4.78 is 2.02. The summed E-state index contributed by atoms with van der Waals surface area (Å²) in [6.07, 6.45) is 1.41. The van der Waals surface area contributed by atoms with Crippen LogP contribution >= 0.6 is 0 Å². The quantitative estimate of drug-likeness (QED) is 0.727. The van der Waals surface area contributed by atoms with E-state index < -0.39 is 6.10 Å². The summed E-state index contributed by atoms with van der Waals surface area (Å²) in [6, 6.07) is 5.58. The molecule has 1 saturated carbocycles. The summed E-state index contributed by atoms with van der Waals surface area (Å²) in [4.78, 5) is 4.47. The highest BCUT2D eigenvalue weighted by Crippen LogP contribution is 2.47. The van der Waals surface area contributed by atoms with Crippen LogP contribution in [-0.4, -0.2) is 26.4 Å². The van der Waals surface area contributed by atoms with Crippen molar-refractivity contribution in [3.8, 4) is 0 Å². The number of nitrogens with zero attached hydrogens (tertiary/aromatic N) is 2. The van der Waals surface area contributed by atoms with Gasteiger partial charge in [-0.25, -0.2) is 4.98 Å². The number of fused-ring (bicyclic) bond motifs is 1. The number of nitrogen functional groups attached to an aromatic ring is 1. The molecule has 1 aliphatic rings. The molecule has 1 heterocycles. The summed E-state index contributed by atoms with van der Waals surface area (Å²) in [6.45, 7) is 2.59. The second-order valence-electron chi connectivity index (χ2n) is 5.64. The van der Waals surface area contributed by atoms with Gasteiger partial charge in [-0.05, 0) is 38.0 Å². The van der Waals surface area contributed by atoms with Gasteiger partial charge in [0.1, 0.15) is 11.9 Å². The van der Waals surface area contributed by atoms with Gasteiger partial charge in [0.2, 0.25) is 0 Å². The van der Waals surface area contributed by atoms with E-state index >= 15 is 0 Å². The zero-order chi connectivity index (χ0) is 13.6. The third-order valence-electron chi connectivity index (χ3n) is 3.96. The van der Waals surface area contributed by atoms with Crippen molar-refractivity contribution in [2.45, 2.75) is 32.4 Å². The lowest BCUT2D eigenvalue weighted by Gasteiger charge is -2.17. The summed E-state index contributed by atoms with van der Waals surface area (Å²) in [5.41, 5.74) is 8.17. The van der Waals surface area contributed by atoms with Gasteiger partial charge in [0.05, 0.1) is 17.6 Å². The third-order valence-corrected chi connectivity index (χ3v) is 3.96. The van der Waals surface area contributed by atoms with E-state index in [2.05, 4.69) is 4.98 Å². The first-order valence-corrected chi connectivity index (χ1v) is 6.59. The highest BCUT2D eigenvalue weighted by atomic mass is 16.3. The predicted molar refractivity (Wildman–Crippen MR) is 73.5 cm³/mol. The van der Waals surface area contributed by atoms with E-state index in [1.54, 1.807) is 6.92 Å². The van der Waals surface area contributed by atoms with Gasteiger partial charge in [-0.2, -0.15) is 0 Å². The SMILES string of the molecule is CC(O)c1nc2cc(N)ccc2n1CC1(CO)CC1. The standard InChI is InChI=1S/C14H19N3O2/c1-9(19)13-16-11-6-10(15)2-3-12(11)17(13)7-14(8-18)4-5-14/h2-3,6,9,18-19H,4-5,7-8,15H2,1H3. The molecule has 4 N–H and O–H groups in total. The molecular formula is C14H19N3O2. The Morgan fingerprint density at radius 1 is 1.47 bits per heavy atom. The molecule has 0 amide bonds. The number of imidazole rings is 1. The molecule has 1 aromatic heterocycles. The molecule has 19 heavy (non-hydrogen) atoms. The lowest BCUT2D eigenvalue weighted by molar-refractivity contribution is 0.169. The van der Waals surface area contributed by atoms with E-state index in [1.165, 1.54) is 0 Å². The summed E-state index contributed by atoms with van der Waals surface area (Å²) in [5, 5.41) is 19.4.